The van der Waals surface area contributed by atoms with Crippen LogP contribution in [-0.4, -0.2) is 21.7 Å². The minimum absolute atomic E-state index is 0.672. The van der Waals surface area contributed by atoms with Crippen LogP contribution in [0.15, 0.2) is 41.2 Å². The first-order valence-corrected chi connectivity index (χ1v) is 6.64. The minimum Gasteiger partial charge on any atom is -0.339 e. The summed E-state index contributed by atoms with van der Waals surface area (Å²) < 4.78 is 5.07. The molecule has 0 aliphatic heterocycles. The van der Waals surface area contributed by atoms with Crippen molar-refractivity contribution in [3.8, 4) is 0 Å². The van der Waals surface area contributed by atoms with Crippen molar-refractivity contribution in [1.82, 2.24) is 20.4 Å². The standard InChI is InChI=1S/C15H16N4O/c1-11-18-15(20-19-11)6-7-16-9-13-10-17-8-12-4-2-3-5-14(12)13/h2-5,8,10,16H,6-7,9H2,1H3. The summed E-state index contributed by atoms with van der Waals surface area (Å²) in [7, 11) is 0. The maximum atomic E-state index is 5.07. The first-order valence-electron chi connectivity index (χ1n) is 6.64. The van der Waals surface area contributed by atoms with Gasteiger partial charge in [0.15, 0.2) is 5.82 Å². The highest BCUT2D eigenvalue weighted by molar-refractivity contribution is 5.84. The van der Waals surface area contributed by atoms with E-state index in [1.807, 2.05) is 31.5 Å². The average molecular weight is 268 g/mol. The molecule has 0 atom stereocenters. The SMILES string of the molecule is Cc1noc(CCNCc2cncc3ccccc23)n1. The van der Waals surface area contributed by atoms with E-state index in [-0.39, 0.29) is 0 Å². The molecule has 0 fully saturated rings. The number of hydrogen-bond donors (Lipinski definition) is 1. The molecule has 0 aliphatic carbocycles. The summed E-state index contributed by atoms with van der Waals surface area (Å²) in [4.78, 5) is 8.45. The molecule has 0 saturated heterocycles. The lowest BCUT2D eigenvalue weighted by atomic mass is 10.1. The zero-order valence-corrected chi connectivity index (χ0v) is 11.3. The fourth-order valence-electron chi connectivity index (χ4n) is 2.18. The van der Waals surface area contributed by atoms with Gasteiger partial charge < -0.3 is 9.84 Å². The molecule has 5 heteroatoms. The number of benzene rings is 1. The van der Waals surface area contributed by atoms with Gasteiger partial charge in [-0.1, -0.05) is 29.4 Å². The lowest BCUT2D eigenvalue weighted by molar-refractivity contribution is 0.372. The van der Waals surface area contributed by atoms with Gasteiger partial charge in [-0.25, -0.2) is 0 Å². The van der Waals surface area contributed by atoms with Crippen molar-refractivity contribution >= 4 is 10.8 Å². The molecule has 0 unspecified atom stereocenters. The van der Waals surface area contributed by atoms with Gasteiger partial charge in [0.05, 0.1) is 0 Å². The normalized spacial score (nSPS) is 11.1. The number of aromatic nitrogens is 3. The second kappa shape index (κ2) is 5.79. The number of hydrogen-bond acceptors (Lipinski definition) is 5. The molecule has 0 saturated carbocycles. The Kier molecular flexibility index (Phi) is 3.69. The Labute approximate surface area is 117 Å². The van der Waals surface area contributed by atoms with E-state index < -0.39 is 0 Å². The largest absolute Gasteiger partial charge is 0.339 e. The van der Waals surface area contributed by atoms with Gasteiger partial charge in [0.1, 0.15) is 0 Å². The molecule has 5 nitrogen and oxygen atoms in total. The lowest BCUT2D eigenvalue weighted by Crippen LogP contribution is -2.17. The van der Waals surface area contributed by atoms with Crippen LogP contribution in [0.5, 0.6) is 0 Å². The van der Waals surface area contributed by atoms with Crippen LogP contribution in [0, 0.1) is 6.92 Å². The summed E-state index contributed by atoms with van der Waals surface area (Å²) in [6, 6.07) is 8.27. The Morgan fingerprint density at radius 3 is 2.95 bits per heavy atom. The molecule has 0 bridgehead atoms. The van der Waals surface area contributed by atoms with Gasteiger partial charge in [0.2, 0.25) is 5.89 Å². The Bertz CT molecular complexity index is 702. The molecule has 1 aromatic carbocycles. The molecule has 0 aliphatic rings. The Morgan fingerprint density at radius 1 is 1.20 bits per heavy atom. The van der Waals surface area contributed by atoms with Crippen molar-refractivity contribution in [2.75, 3.05) is 6.54 Å². The summed E-state index contributed by atoms with van der Waals surface area (Å²) in [6.07, 6.45) is 4.53. The van der Waals surface area contributed by atoms with E-state index in [9.17, 15) is 0 Å². The van der Waals surface area contributed by atoms with Crippen molar-refractivity contribution in [1.29, 1.82) is 0 Å². The number of rotatable bonds is 5. The highest BCUT2D eigenvalue weighted by atomic mass is 16.5. The first-order chi connectivity index (χ1) is 9.83. The predicted molar refractivity (Wildman–Crippen MR) is 76.2 cm³/mol. The minimum atomic E-state index is 0.672. The molecule has 2 aromatic heterocycles. The fraction of sp³-hybridized carbons (Fsp3) is 0.267. The van der Waals surface area contributed by atoms with Gasteiger partial charge in [-0.2, -0.15) is 4.98 Å². The summed E-state index contributed by atoms with van der Waals surface area (Å²) in [6.45, 7) is 3.40. The van der Waals surface area contributed by atoms with Crippen molar-refractivity contribution in [2.45, 2.75) is 19.9 Å². The number of fused-ring (bicyclic) bond motifs is 1. The third kappa shape index (κ3) is 2.83. The maximum absolute atomic E-state index is 5.07. The van der Waals surface area contributed by atoms with E-state index in [2.05, 4.69) is 32.6 Å². The van der Waals surface area contributed by atoms with Crippen LogP contribution in [0.2, 0.25) is 0 Å². The van der Waals surface area contributed by atoms with Crippen LogP contribution in [0.1, 0.15) is 17.3 Å². The van der Waals surface area contributed by atoms with E-state index in [4.69, 9.17) is 4.52 Å². The number of pyridine rings is 1. The molecule has 0 spiro atoms. The molecule has 1 N–H and O–H groups in total. The molecule has 3 rings (SSSR count). The van der Waals surface area contributed by atoms with E-state index in [0.29, 0.717) is 11.7 Å². The third-order valence-electron chi connectivity index (χ3n) is 3.15. The highest BCUT2D eigenvalue weighted by Gasteiger charge is 2.03. The van der Waals surface area contributed by atoms with Gasteiger partial charge in [-0.05, 0) is 17.9 Å². The number of nitrogens with one attached hydrogen (secondary N) is 1. The van der Waals surface area contributed by atoms with E-state index in [1.54, 1.807) is 0 Å². The van der Waals surface area contributed by atoms with Crippen LogP contribution in [0.25, 0.3) is 10.8 Å². The van der Waals surface area contributed by atoms with Crippen LogP contribution in [0.4, 0.5) is 0 Å². The van der Waals surface area contributed by atoms with Crippen molar-refractivity contribution < 1.29 is 4.52 Å². The van der Waals surface area contributed by atoms with Crippen molar-refractivity contribution in [2.24, 2.45) is 0 Å². The fourth-order valence-corrected chi connectivity index (χ4v) is 2.18. The summed E-state index contributed by atoms with van der Waals surface area (Å²) in [5.41, 5.74) is 1.20. The summed E-state index contributed by atoms with van der Waals surface area (Å²) >= 11 is 0. The lowest BCUT2D eigenvalue weighted by Gasteiger charge is -2.06. The first kappa shape index (κ1) is 12.7. The van der Waals surface area contributed by atoms with Crippen LogP contribution < -0.4 is 5.32 Å². The van der Waals surface area contributed by atoms with E-state index in [1.165, 1.54) is 16.3 Å². The number of aryl methyl sites for hydroxylation is 1. The quantitative estimate of drug-likeness (QED) is 0.719. The van der Waals surface area contributed by atoms with Gasteiger partial charge in [-0.3, -0.25) is 4.98 Å². The molecule has 102 valence electrons. The molecule has 2 heterocycles. The molecular formula is C15H16N4O. The van der Waals surface area contributed by atoms with Gasteiger partial charge in [-0.15, -0.1) is 0 Å². The van der Waals surface area contributed by atoms with Gasteiger partial charge >= 0.3 is 0 Å². The molecule has 3 aromatic rings. The summed E-state index contributed by atoms with van der Waals surface area (Å²) in [5, 5.41) is 9.56. The van der Waals surface area contributed by atoms with Crippen LogP contribution in [-0.2, 0) is 13.0 Å². The second-order valence-corrected chi connectivity index (χ2v) is 4.68. The van der Waals surface area contributed by atoms with Gasteiger partial charge in [0.25, 0.3) is 0 Å². The Hall–Kier alpha value is -2.27. The highest BCUT2D eigenvalue weighted by Crippen LogP contribution is 2.16. The zero-order chi connectivity index (χ0) is 13.8. The number of nitrogens with zero attached hydrogens (tertiary/aromatic N) is 3. The van der Waals surface area contributed by atoms with E-state index >= 15 is 0 Å². The zero-order valence-electron chi connectivity index (χ0n) is 11.3. The molecule has 20 heavy (non-hydrogen) atoms. The summed E-state index contributed by atoms with van der Waals surface area (Å²) in [5.74, 6) is 1.35. The molecule has 0 radical (unpaired) electrons. The third-order valence-corrected chi connectivity index (χ3v) is 3.15. The second-order valence-electron chi connectivity index (χ2n) is 4.68. The van der Waals surface area contributed by atoms with Crippen LogP contribution >= 0.6 is 0 Å². The monoisotopic (exact) mass is 268 g/mol. The topological polar surface area (TPSA) is 63.8 Å². The Morgan fingerprint density at radius 2 is 2.10 bits per heavy atom. The maximum Gasteiger partial charge on any atom is 0.227 e. The Balaban J connectivity index is 1.60. The van der Waals surface area contributed by atoms with Crippen LogP contribution in [0.3, 0.4) is 0 Å². The smallest absolute Gasteiger partial charge is 0.227 e. The predicted octanol–water partition coefficient (Wildman–Crippen LogP) is 2.26. The van der Waals surface area contributed by atoms with Crippen molar-refractivity contribution in [3.63, 3.8) is 0 Å². The van der Waals surface area contributed by atoms with Gasteiger partial charge in [0, 0.05) is 37.3 Å². The average Bonchev–Trinajstić information content (AvgIpc) is 2.89. The molecule has 0 amide bonds. The van der Waals surface area contributed by atoms with Crippen molar-refractivity contribution in [3.05, 3.63) is 53.9 Å². The molecular weight excluding hydrogens is 252 g/mol. The van der Waals surface area contributed by atoms with E-state index in [0.717, 1.165) is 19.5 Å².